The smallest absolute Gasteiger partial charge is 0.253 e. The fourth-order valence-corrected chi connectivity index (χ4v) is 4.85. The maximum Gasteiger partial charge on any atom is 0.253 e. The van der Waals surface area contributed by atoms with E-state index in [4.69, 9.17) is 4.74 Å². The maximum atomic E-state index is 13.4. The van der Waals surface area contributed by atoms with Crippen LogP contribution in [0.3, 0.4) is 0 Å². The van der Waals surface area contributed by atoms with Gasteiger partial charge in [0.2, 0.25) is 10.0 Å². The zero-order valence-corrected chi connectivity index (χ0v) is 15.7. The molecule has 0 aliphatic carbocycles. The summed E-state index contributed by atoms with van der Waals surface area (Å²) in [6.07, 6.45) is 0.761. The van der Waals surface area contributed by atoms with Gasteiger partial charge in [0.1, 0.15) is 5.75 Å². The predicted molar refractivity (Wildman–Crippen MR) is 96.7 cm³/mol. The molecule has 1 saturated heterocycles. The van der Waals surface area contributed by atoms with E-state index in [2.05, 4.69) is 0 Å². The lowest BCUT2D eigenvalue weighted by atomic mass is 10.1. The van der Waals surface area contributed by atoms with Crippen molar-refractivity contribution in [3.8, 4) is 5.75 Å². The Balaban J connectivity index is 1.45. The molecule has 0 atom stereocenters. The number of ether oxygens (including phenoxy) is 1. The van der Waals surface area contributed by atoms with Crippen LogP contribution < -0.4 is 4.74 Å². The second-order valence-corrected chi connectivity index (χ2v) is 8.63. The van der Waals surface area contributed by atoms with Gasteiger partial charge in [-0.25, -0.2) is 17.2 Å². The zero-order chi connectivity index (χ0) is 19.9. The molecule has 0 bridgehead atoms. The van der Waals surface area contributed by atoms with Gasteiger partial charge in [-0.2, -0.15) is 4.31 Å². The molecule has 2 aromatic carbocycles. The van der Waals surface area contributed by atoms with E-state index < -0.39 is 21.7 Å². The first-order chi connectivity index (χ1) is 13.4. The SMILES string of the molecule is O=C(c1ccc2c(c1)CCO2)N1CCN(S(=O)(=O)c2ccc(F)c(F)c2)CC1. The molecule has 0 N–H and O–H groups in total. The van der Waals surface area contributed by atoms with Gasteiger partial charge in [-0.3, -0.25) is 4.79 Å². The van der Waals surface area contributed by atoms with Crippen LogP contribution in [0, 0.1) is 11.6 Å². The van der Waals surface area contributed by atoms with Gasteiger partial charge in [0.25, 0.3) is 5.91 Å². The Morgan fingerprint density at radius 3 is 2.43 bits per heavy atom. The van der Waals surface area contributed by atoms with Gasteiger partial charge in [-0.15, -0.1) is 0 Å². The Labute approximate surface area is 161 Å². The molecule has 1 fully saturated rings. The van der Waals surface area contributed by atoms with Crippen LogP contribution in [0.1, 0.15) is 15.9 Å². The van der Waals surface area contributed by atoms with Gasteiger partial charge in [0.05, 0.1) is 11.5 Å². The first-order valence-corrected chi connectivity index (χ1v) is 10.3. The quantitative estimate of drug-likeness (QED) is 0.780. The molecule has 0 aromatic heterocycles. The Morgan fingerprint density at radius 2 is 1.71 bits per heavy atom. The van der Waals surface area contributed by atoms with Crippen molar-refractivity contribution in [2.24, 2.45) is 0 Å². The van der Waals surface area contributed by atoms with Gasteiger partial charge < -0.3 is 9.64 Å². The monoisotopic (exact) mass is 408 g/mol. The molecule has 2 aliphatic rings. The molecule has 4 rings (SSSR count). The van der Waals surface area contributed by atoms with Crippen LogP contribution in [0.2, 0.25) is 0 Å². The van der Waals surface area contributed by atoms with Crippen molar-refractivity contribution in [2.45, 2.75) is 11.3 Å². The number of amides is 1. The van der Waals surface area contributed by atoms with E-state index >= 15 is 0 Å². The van der Waals surface area contributed by atoms with E-state index in [1.54, 1.807) is 17.0 Å². The Kier molecular flexibility index (Phi) is 4.80. The summed E-state index contributed by atoms with van der Waals surface area (Å²) >= 11 is 0. The number of nitrogens with zero attached hydrogens (tertiary/aromatic N) is 2. The minimum atomic E-state index is -3.95. The third-order valence-corrected chi connectivity index (χ3v) is 6.89. The molecule has 0 unspecified atom stereocenters. The van der Waals surface area contributed by atoms with Crippen molar-refractivity contribution in [2.75, 3.05) is 32.8 Å². The lowest BCUT2D eigenvalue weighted by molar-refractivity contribution is 0.0698. The summed E-state index contributed by atoms with van der Waals surface area (Å²) < 4.78 is 58.4. The molecule has 0 saturated carbocycles. The summed E-state index contributed by atoms with van der Waals surface area (Å²) in [7, 11) is -3.95. The number of benzene rings is 2. The highest BCUT2D eigenvalue weighted by Gasteiger charge is 2.31. The van der Waals surface area contributed by atoms with E-state index in [1.807, 2.05) is 6.07 Å². The molecule has 2 heterocycles. The summed E-state index contributed by atoms with van der Waals surface area (Å²) in [5, 5.41) is 0. The third kappa shape index (κ3) is 3.35. The first-order valence-electron chi connectivity index (χ1n) is 8.86. The average Bonchev–Trinajstić information content (AvgIpc) is 3.17. The van der Waals surface area contributed by atoms with Gasteiger partial charge in [0.15, 0.2) is 11.6 Å². The molecule has 6 nitrogen and oxygen atoms in total. The van der Waals surface area contributed by atoms with Crippen LogP contribution in [0.4, 0.5) is 8.78 Å². The van der Waals surface area contributed by atoms with Crippen molar-refractivity contribution in [3.05, 3.63) is 59.2 Å². The van der Waals surface area contributed by atoms with Crippen molar-refractivity contribution >= 4 is 15.9 Å². The maximum absolute atomic E-state index is 13.4. The molecular weight excluding hydrogens is 390 g/mol. The van der Waals surface area contributed by atoms with E-state index in [9.17, 15) is 22.0 Å². The van der Waals surface area contributed by atoms with E-state index in [0.29, 0.717) is 18.2 Å². The van der Waals surface area contributed by atoms with Gasteiger partial charge in [-0.1, -0.05) is 0 Å². The van der Waals surface area contributed by atoms with Gasteiger partial charge in [-0.05, 0) is 42.0 Å². The Hall–Kier alpha value is -2.52. The van der Waals surface area contributed by atoms with Crippen molar-refractivity contribution < 1.29 is 26.7 Å². The molecule has 28 heavy (non-hydrogen) atoms. The normalized spacial score (nSPS) is 17.3. The fourth-order valence-electron chi connectivity index (χ4n) is 3.42. The summed E-state index contributed by atoms with van der Waals surface area (Å²) in [5.41, 5.74) is 1.53. The third-order valence-electron chi connectivity index (χ3n) is 4.99. The van der Waals surface area contributed by atoms with Crippen molar-refractivity contribution in [3.63, 3.8) is 0 Å². The number of carbonyl (C=O) groups is 1. The Morgan fingerprint density at radius 1 is 0.964 bits per heavy atom. The number of rotatable bonds is 3. The molecule has 2 aromatic rings. The van der Waals surface area contributed by atoms with Gasteiger partial charge >= 0.3 is 0 Å². The molecule has 0 spiro atoms. The lowest BCUT2D eigenvalue weighted by Crippen LogP contribution is -2.50. The van der Waals surface area contributed by atoms with E-state index in [1.165, 1.54) is 4.31 Å². The number of fused-ring (bicyclic) bond motifs is 1. The minimum Gasteiger partial charge on any atom is -0.493 e. The summed E-state index contributed by atoms with van der Waals surface area (Å²) in [6.45, 7) is 1.21. The second kappa shape index (κ2) is 7.14. The Bertz CT molecular complexity index is 1030. The van der Waals surface area contributed by atoms with Crippen LogP contribution >= 0.6 is 0 Å². The van der Waals surface area contributed by atoms with Crippen LogP contribution in [0.15, 0.2) is 41.3 Å². The highest BCUT2D eigenvalue weighted by atomic mass is 32.2. The van der Waals surface area contributed by atoms with E-state index in [-0.39, 0.29) is 37.0 Å². The highest BCUT2D eigenvalue weighted by molar-refractivity contribution is 7.89. The number of halogens is 2. The minimum absolute atomic E-state index is 0.0844. The van der Waals surface area contributed by atoms with Crippen LogP contribution in [-0.4, -0.2) is 56.3 Å². The fraction of sp³-hybridized carbons (Fsp3) is 0.316. The topological polar surface area (TPSA) is 66.9 Å². The lowest BCUT2D eigenvalue weighted by Gasteiger charge is -2.34. The number of hydrogen-bond donors (Lipinski definition) is 0. The average molecular weight is 408 g/mol. The summed E-state index contributed by atoms with van der Waals surface area (Å²) in [6, 6.07) is 7.80. The zero-order valence-electron chi connectivity index (χ0n) is 14.9. The number of hydrogen-bond acceptors (Lipinski definition) is 4. The molecular formula is C19H18F2N2O4S. The highest BCUT2D eigenvalue weighted by Crippen LogP contribution is 2.27. The van der Waals surface area contributed by atoms with Crippen LogP contribution in [0.25, 0.3) is 0 Å². The van der Waals surface area contributed by atoms with Gasteiger partial charge in [0, 0.05) is 38.2 Å². The molecule has 148 valence electrons. The van der Waals surface area contributed by atoms with Crippen LogP contribution in [0.5, 0.6) is 5.75 Å². The number of sulfonamides is 1. The van der Waals surface area contributed by atoms with Crippen molar-refractivity contribution in [1.82, 2.24) is 9.21 Å². The standard InChI is InChI=1S/C19H18F2N2O4S/c20-16-3-2-15(12-17(16)21)28(25,26)23-8-6-22(7-9-23)19(24)14-1-4-18-13(11-14)5-10-27-18/h1-4,11-12H,5-10H2. The largest absolute Gasteiger partial charge is 0.493 e. The van der Waals surface area contributed by atoms with Crippen molar-refractivity contribution in [1.29, 1.82) is 0 Å². The van der Waals surface area contributed by atoms with E-state index in [0.717, 1.165) is 29.9 Å². The predicted octanol–water partition coefficient (Wildman–Crippen LogP) is 2.05. The number of carbonyl (C=O) groups excluding carboxylic acids is 1. The summed E-state index contributed by atoms with van der Waals surface area (Å²) in [4.78, 5) is 14.0. The first kappa shape index (κ1) is 18.8. The molecule has 0 radical (unpaired) electrons. The molecule has 9 heteroatoms. The van der Waals surface area contributed by atoms with Crippen LogP contribution in [-0.2, 0) is 16.4 Å². The number of piperazine rings is 1. The summed E-state index contributed by atoms with van der Waals surface area (Å²) in [5.74, 6) is -1.69. The second-order valence-electron chi connectivity index (χ2n) is 6.69. The molecule has 1 amide bonds. The molecule has 2 aliphatic heterocycles.